The molecule has 1 aromatic heterocycles. The Balaban J connectivity index is 1.82. The summed E-state index contributed by atoms with van der Waals surface area (Å²) in [7, 11) is 0. The summed E-state index contributed by atoms with van der Waals surface area (Å²) in [4.78, 5) is 11.3. The zero-order chi connectivity index (χ0) is 17.1. The van der Waals surface area contributed by atoms with Crippen molar-refractivity contribution in [1.82, 2.24) is 9.97 Å². The van der Waals surface area contributed by atoms with E-state index in [0.29, 0.717) is 11.9 Å². The standard InChI is InChI=1S/C19H26N4O/c1-13(2)17(12-24)21-19-20-10-8-18(22-19)23-11-9-15-6-4-5-7-16(15)14(23)3/h4-8,10,13-14,17,24H,9,11-12H2,1-3H3,(H,20,21,22)/t14-,17-/m1/s1. The molecule has 2 N–H and O–H groups in total. The number of anilines is 2. The topological polar surface area (TPSA) is 61.3 Å². The molecule has 0 spiro atoms. The Morgan fingerprint density at radius 3 is 2.83 bits per heavy atom. The molecule has 0 saturated heterocycles. The van der Waals surface area contributed by atoms with Crippen LogP contribution in [0.2, 0.25) is 0 Å². The van der Waals surface area contributed by atoms with Gasteiger partial charge in [0.1, 0.15) is 5.82 Å². The van der Waals surface area contributed by atoms with Crippen LogP contribution in [0.15, 0.2) is 36.5 Å². The number of nitrogens with one attached hydrogen (secondary N) is 1. The minimum absolute atomic E-state index is 0.0419. The molecule has 128 valence electrons. The number of fused-ring (bicyclic) bond motifs is 1. The van der Waals surface area contributed by atoms with Gasteiger partial charge in [-0.3, -0.25) is 0 Å². The van der Waals surface area contributed by atoms with E-state index in [9.17, 15) is 5.11 Å². The Morgan fingerprint density at radius 1 is 1.29 bits per heavy atom. The normalized spacial score (nSPS) is 18.4. The van der Waals surface area contributed by atoms with Gasteiger partial charge in [-0.25, -0.2) is 4.98 Å². The minimum atomic E-state index is -0.0419. The first-order valence-corrected chi connectivity index (χ1v) is 8.65. The van der Waals surface area contributed by atoms with Gasteiger partial charge in [0.05, 0.1) is 18.7 Å². The fraction of sp³-hybridized carbons (Fsp3) is 0.474. The molecule has 5 nitrogen and oxygen atoms in total. The molecule has 0 amide bonds. The van der Waals surface area contributed by atoms with Crippen LogP contribution in [0.4, 0.5) is 11.8 Å². The van der Waals surface area contributed by atoms with E-state index in [1.807, 2.05) is 6.07 Å². The van der Waals surface area contributed by atoms with Crippen LogP contribution in [0.5, 0.6) is 0 Å². The molecule has 24 heavy (non-hydrogen) atoms. The van der Waals surface area contributed by atoms with Crippen molar-refractivity contribution < 1.29 is 5.11 Å². The van der Waals surface area contributed by atoms with Gasteiger partial charge in [0, 0.05) is 12.7 Å². The molecule has 0 fully saturated rings. The molecular formula is C19H26N4O. The Kier molecular flexibility index (Phi) is 5.00. The van der Waals surface area contributed by atoms with Crippen molar-refractivity contribution in [3.05, 3.63) is 47.7 Å². The van der Waals surface area contributed by atoms with Crippen molar-refractivity contribution in [1.29, 1.82) is 0 Å². The summed E-state index contributed by atoms with van der Waals surface area (Å²) in [6.07, 6.45) is 2.81. The first-order valence-electron chi connectivity index (χ1n) is 8.65. The van der Waals surface area contributed by atoms with Crippen LogP contribution < -0.4 is 10.2 Å². The molecule has 0 radical (unpaired) electrons. The smallest absolute Gasteiger partial charge is 0.224 e. The van der Waals surface area contributed by atoms with Crippen LogP contribution in [0.1, 0.15) is 37.9 Å². The van der Waals surface area contributed by atoms with Crippen molar-refractivity contribution in [2.24, 2.45) is 5.92 Å². The van der Waals surface area contributed by atoms with Gasteiger partial charge in [0.25, 0.3) is 0 Å². The second-order valence-corrected chi connectivity index (χ2v) is 6.73. The maximum Gasteiger partial charge on any atom is 0.224 e. The van der Waals surface area contributed by atoms with E-state index in [-0.39, 0.29) is 18.7 Å². The number of aliphatic hydroxyl groups is 1. The lowest BCUT2D eigenvalue weighted by atomic mass is 9.94. The van der Waals surface area contributed by atoms with E-state index in [0.717, 1.165) is 18.8 Å². The fourth-order valence-corrected chi connectivity index (χ4v) is 3.25. The van der Waals surface area contributed by atoms with E-state index in [2.05, 4.69) is 65.2 Å². The average Bonchev–Trinajstić information content (AvgIpc) is 2.60. The number of aromatic nitrogens is 2. The molecule has 2 aromatic rings. The Hall–Kier alpha value is -2.14. The predicted octanol–water partition coefficient (Wildman–Crippen LogP) is 3.03. The molecule has 2 atom stereocenters. The summed E-state index contributed by atoms with van der Waals surface area (Å²) in [5.41, 5.74) is 2.79. The Morgan fingerprint density at radius 2 is 2.08 bits per heavy atom. The summed E-state index contributed by atoms with van der Waals surface area (Å²) in [5.74, 6) is 1.81. The molecule has 3 rings (SSSR count). The first-order chi connectivity index (χ1) is 11.6. The number of hydrogen-bond donors (Lipinski definition) is 2. The average molecular weight is 326 g/mol. The summed E-state index contributed by atoms with van der Waals surface area (Å²) in [6.45, 7) is 7.38. The van der Waals surface area contributed by atoms with E-state index in [1.54, 1.807) is 6.20 Å². The molecule has 0 aliphatic carbocycles. The van der Waals surface area contributed by atoms with Gasteiger partial charge >= 0.3 is 0 Å². The number of nitrogens with zero attached hydrogens (tertiary/aromatic N) is 3. The quantitative estimate of drug-likeness (QED) is 0.884. The molecule has 1 aliphatic rings. The maximum atomic E-state index is 9.50. The van der Waals surface area contributed by atoms with Gasteiger partial charge in [-0.05, 0) is 36.5 Å². The Bertz CT molecular complexity index is 689. The predicted molar refractivity (Wildman–Crippen MR) is 97.3 cm³/mol. The third-order valence-corrected chi connectivity index (χ3v) is 4.85. The van der Waals surface area contributed by atoms with Crippen LogP contribution in [-0.2, 0) is 6.42 Å². The van der Waals surface area contributed by atoms with Crippen molar-refractivity contribution in [3.63, 3.8) is 0 Å². The van der Waals surface area contributed by atoms with Gasteiger partial charge < -0.3 is 15.3 Å². The lowest BCUT2D eigenvalue weighted by molar-refractivity contribution is 0.248. The first kappa shape index (κ1) is 16.7. The monoisotopic (exact) mass is 326 g/mol. The van der Waals surface area contributed by atoms with Crippen molar-refractivity contribution in [2.75, 3.05) is 23.4 Å². The summed E-state index contributed by atoms with van der Waals surface area (Å²) < 4.78 is 0. The van der Waals surface area contributed by atoms with Crippen LogP contribution in [-0.4, -0.2) is 34.3 Å². The lowest BCUT2D eigenvalue weighted by Crippen LogP contribution is -2.35. The summed E-state index contributed by atoms with van der Waals surface area (Å²) in [5, 5.41) is 12.7. The van der Waals surface area contributed by atoms with Crippen LogP contribution >= 0.6 is 0 Å². The highest BCUT2D eigenvalue weighted by atomic mass is 16.3. The van der Waals surface area contributed by atoms with E-state index in [4.69, 9.17) is 0 Å². The zero-order valence-corrected chi connectivity index (χ0v) is 14.6. The van der Waals surface area contributed by atoms with Gasteiger partial charge in [-0.2, -0.15) is 4.98 Å². The molecule has 0 unspecified atom stereocenters. The number of aliphatic hydroxyl groups excluding tert-OH is 1. The van der Waals surface area contributed by atoms with Gasteiger partial charge in [-0.15, -0.1) is 0 Å². The molecular weight excluding hydrogens is 300 g/mol. The third kappa shape index (κ3) is 3.36. The Labute approximate surface area is 143 Å². The molecule has 1 aliphatic heterocycles. The number of hydrogen-bond acceptors (Lipinski definition) is 5. The lowest BCUT2D eigenvalue weighted by Gasteiger charge is -2.36. The molecule has 1 aromatic carbocycles. The van der Waals surface area contributed by atoms with Crippen LogP contribution in [0.25, 0.3) is 0 Å². The molecule has 0 saturated carbocycles. The number of benzene rings is 1. The van der Waals surface area contributed by atoms with E-state index >= 15 is 0 Å². The van der Waals surface area contributed by atoms with Gasteiger partial charge in [0.15, 0.2) is 0 Å². The van der Waals surface area contributed by atoms with Gasteiger partial charge in [-0.1, -0.05) is 38.1 Å². The molecule has 5 heteroatoms. The highest BCUT2D eigenvalue weighted by Crippen LogP contribution is 2.32. The summed E-state index contributed by atoms with van der Waals surface area (Å²) in [6, 6.07) is 10.8. The fourth-order valence-electron chi connectivity index (χ4n) is 3.25. The van der Waals surface area contributed by atoms with Gasteiger partial charge in [0.2, 0.25) is 5.95 Å². The zero-order valence-electron chi connectivity index (χ0n) is 14.6. The maximum absolute atomic E-state index is 9.50. The number of rotatable bonds is 5. The van der Waals surface area contributed by atoms with Crippen LogP contribution in [0.3, 0.4) is 0 Å². The highest BCUT2D eigenvalue weighted by molar-refractivity contribution is 5.49. The summed E-state index contributed by atoms with van der Waals surface area (Å²) >= 11 is 0. The largest absolute Gasteiger partial charge is 0.394 e. The van der Waals surface area contributed by atoms with Crippen molar-refractivity contribution in [3.8, 4) is 0 Å². The minimum Gasteiger partial charge on any atom is -0.394 e. The SMILES string of the molecule is CC(C)[C@@H](CO)Nc1nccc(N2CCc3ccccc3[C@H]2C)n1. The molecule has 0 bridgehead atoms. The van der Waals surface area contributed by atoms with E-state index in [1.165, 1.54) is 11.1 Å². The second-order valence-electron chi connectivity index (χ2n) is 6.73. The third-order valence-electron chi connectivity index (χ3n) is 4.85. The van der Waals surface area contributed by atoms with Crippen LogP contribution in [0, 0.1) is 5.92 Å². The highest BCUT2D eigenvalue weighted by Gasteiger charge is 2.25. The second kappa shape index (κ2) is 7.18. The van der Waals surface area contributed by atoms with Crippen molar-refractivity contribution in [2.45, 2.75) is 39.3 Å². The molecule has 2 heterocycles. The van der Waals surface area contributed by atoms with Crippen molar-refractivity contribution >= 4 is 11.8 Å². The van der Waals surface area contributed by atoms with E-state index < -0.39 is 0 Å².